The SMILES string of the molecule is O=C(COc1ccc(Cl)cc1Cl)Nc1ccc(F)c([N+](=O)[O-])c1. The number of nitrogens with zero attached hydrogens (tertiary/aromatic N) is 1. The summed E-state index contributed by atoms with van der Waals surface area (Å²) in [5.41, 5.74) is -0.654. The topological polar surface area (TPSA) is 81.5 Å². The van der Waals surface area contributed by atoms with Gasteiger partial charge in [-0.1, -0.05) is 23.2 Å². The zero-order valence-corrected chi connectivity index (χ0v) is 12.9. The van der Waals surface area contributed by atoms with Crippen molar-refractivity contribution in [1.82, 2.24) is 0 Å². The van der Waals surface area contributed by atoms with E-state index in [1.165, 1.54) is 18.2 Å². The number of rotatable bonds is 5. The predicted molar refractivity (Wildman–Crippen MR) is 83.6 cm³/mol. The van der Waals surface area contributed by atoms with Crippen LogP contribution in [0.1, 0.15) is 0 Å². The maximum absolute atomic E-state index is 13.2. The third-order valence-corrected chi connectivity index (χ3v) is 3.21. The molecule has 2 rings (SSSR count). The summed E-state index contributed by atoms with van der Waals surface area (Å²) in [7, 11) is 0. The Balaban J connectivity index is 2.00. The van der Waals surface area contributed by atoms with Crippen LogP contribution in [-0.2, 0) is 4.79 Å². The van der Waals surface area contributed by atoms with Crippen LogP contribution in [0, 0.1) is 15.9 Å². The van der Waals surface area contributed by atoms with Crippen LogP contribution < -0.4 is 10.1 Å². The fraction of sp³-hybridized carbons (Fsp3) is 0.0714. The zero-order valence-electron chi connectivity index (χ0n) is 11.4. The molecule has 0 aromatic heterocycles. The average Bonchev–Trinajstić information content (AvgIpc) is 2.48. The number of anilines is 1. The Bertz CT molecular complexity index is 770. The summed E-state index contributed by atoms with van der Waals surface area (Å²) >= 11 is 11.6. The molecule has 0 atom stereocenters. The Morgan fingerprint density at radius 1 is 1.26 bits per heavy atom. The molecule has 120 valence electrons. The van der Waals surface area contributed by atoms with Gasteiger partial charge in [0.25, 0.3) is 5.91 Å². The Kier molecular flexibility index (Phi) is 5.36. The van der Waals surface area contributed by atoms with Gasteiger partial charge in [-0.3, -0.25) is 14.9 Å². The van der Waals surface area contributed by atoms with Gasteiger partial charge in [-0.2, -0.15) is 4.39 Å². The molecule has 1 amide bonds. The predicted octanol–water partition coefficient (Wildman–Crippen LogP) is 4.06. The first-order valence-corrected chi connectivity index (χ1v) is 6.94. The summed E-state index contributed by atoms with van der Waals surface area (Å²) < 4.78 is 18.4. The van der Waals surface area contributed by atoms with Gasteiger partial charge < -0.3 is 10.1 Å². The number of benzene rings is 2. The molecular formula is C14H9Cl2FN2O4. The first-order chi connectivity index (χ1) is 10.9. The minimum atomic E-state index is -0.989. The molecular weight excluding hydrogens is 350 g/mol. The number of halogens is 3. The highest BCUT2D eigenvalue weighted by Gasteiger charge is 2.15. The van der Waals surface area contributed by atoms with Gasteiger partial charge in [-0.05, 0) is 30.3 Å². The van der Waals surface area contributed by atoms with Crippen LogP contribution in [0.2, 0.25) is 10.0 Å². The molecule has 0 fully saturated rings. The molecule has 1 N–H and O–H groups in total. The number of nitro groups is 1. The Hall–Kier alpha value is -2.38. The van der Waals surface area contributed by atoms with Crippen LogP contribution in [0.15, 0.2) is 36.4 Å². The van der Waals surface area contributed by atoms with Crippen LogP contribution in [0.5, 0.6) is 5.75 Å². The average molecular weight is 359 g/mol. The molecule has 0 saturated heterocycles. The minimum absolute atomic E-state index is 0.0777. The largest absolute Gasteiger partial charge is 0.482 e. The van der Waals surface area contributed by atoms with Crippen molar-refractivity contribution in [3.8, 4) is 5.75 Å². The van der Waals surface area contributed by atoms with E-state index in [0.29, 0.717) is 5.02 Å². The second kappa shape index (κ2) is 7.26. The van der Waals surface area contributed by atoms with Gasteiger partial charge in [-0.25, -0.2) is 0 Å². The lowest BCUT2D eigenvalue weighted by molar-refractivity contribution is -0.387. The lowest BCUT2D eigenvalue weighted by Gasteiger charge is -2.09. The molecule has 0 aliphatic carbocycles. The van der Waals surface area contributed by atoms with Crippen molar-refractivity contribution in [1.29, 1.82) is 0 Å². The molecule has 0 aliphatic heterocycles. The van der Waals surface area contributed by atoms with Gasteiger partial charge in [-0.15, -0.1) is 0 Å². The standard InChI is InChI=1S/C14H9Cl2FN2O4/c15-8-1-4-13(10(16)5-8)23-7-14(20)18-9-2-3-11(17)12(6-9)19(21)22/h1-6H,7H2,(H,18,20). The van der Waals surface area contributed by atoms with Gasteiger partial charge in [0.1, 0.15) is 5.75 Å². The number of ether oxygens (including phenoxy) is 1. The molecule has 0 radical (unpaired) electrons. The van der Waals surface area contributed by atoms with Crippen molar-refractivity contribution >= 4 is 40.5 Å². The first-order valence-electron chi connectivity index (χ1n) is 6.18. The molecule has 2 aromatic rings. The van der Waals surface area contributed by atoms with Crippen molar-refractivity contribution in [2.24, 2.45) is 0 Å². The van der Waals surface area contributed by atoms with E-state index in [9.17, 15) is 19.3 Å². The van der Waals surface area contributed by atoms with E-state index in [2.05, 4.69) is 5.32 Å². The quantitative estimate of drug-likeness (QED) is 0.645. The number of amides is 1. The number of hydrogen-bond acceptors (Lipinski definition) is 4. The van der Waals surface area contributed by atoms with Crippen LogP contribution in [-0.4, -0.2) is 17.4 Å². The van der Waals surface area contributed by atoms with Crippen molar-refractivity contribution in [3.63, 3.8) is 0 Å². The van der Waals surface area contributed by atoms with Crippen molar-refractivity contribution in [2.45, 2.75) is 0 Å². The lowest BCUT2D eigenvalue weighted by Crippen LogP contribution is -2.20. The second-order valence-electron chi connectivity index (χ2n) is 4.33. The summed E-state index contributed by atoms with van der Waals surface area (Å²) in [4.78, 5) is 21.5. The van der Waals surface area contributed by atoms with Crippen molar-refractivity contribution in [3.05, 3.63) is 62.4 Å². The monoisotopic (exact) mass is 358 g/mol. The lowest BCUT2D eigenvalue weighted by atomic mass is 10.2. The van der Waals surface area contributed by atoms with E-state index in [-0.39, 0.29) is 23.1 Å². The summed E-state index contributed by atoms with van der Waals surface area (Å²) in [5.74, 6) is -1.31. The highest BCUT2D eigenvalue weighted by atomic mass is 35.5. The number of nitrogens with one attached hydrogen (secondary N) is 1. The summed E-state index contributed by atoms with van der Waals surface area (Å²) in [5, 5.41) is 13.7. The van der Waals surface area contributed by atoms with Crippen LogP contribution in [0.4, 0.5) is 15.8 Å². The van der Waals surface area contributed by atoms with Gasteiger partial charge in [0.15, 0.2) is 6.61 Å². The fourth-order valence-electron chi connectivity index (χ4n) is 1.66. The Morgan fingerprint density at radius 2 is 2.00 bits per heavy atom. The van der Waals surface area contributed by atoms with E-state index >= 15 is 0 Å². The van der Waals surface area contributed by atoms with E-state index in [4.69, 9.17) is 27.9 Å². The third kappa shape index (κ3) is 4.54. The third-order valence-electron chi connectivity index (χ3n) is 2.68. The van der Waals surface area contributed by atoms with Crippen molar-refractivity contribution in [2.75, 3.05) is 11.9 Å². The van der Waals surface area contributed by atoms with Crippen LogP contribution in [0.3, 0.4) is 0 Å². The van der Waals surface area contributed by atoms with E-state index in [1.54, 1.807) is 6.07 Å². The summed E-state index contributed by atoms with van der Waals surface area (Å²) in [6, 6.07) is 7.52. The normalized spacial score (nSPS) is 10.2. The first kappa shape index (κ1) is 17.0. The number of carbonyl (C=O) groups is 1. The summed E-state index contributed by atoms with van der Waals surface area (Å²) in [6.07, 6.45) is 0. The van der Waals surface area contributed by atoms with Gasteiger partial charge in [0, 0.05) is 16.8 Å². The van der Waals surface area contributed by atoms with E-state index < -0.39 is 22.3 Å². The van der Waals surface area contributed by atoms with Gasteiger partial charge in [0.2, 0.25) is 5.82 Å². The molecule has 0 bridgehead atoms. The number of hydrogen-bond donors (Lipinski definition) is 1. The smallest absolute Gasteiger partial charge is 0.306 e. The number of carbonyl (C=O) groups excluding carboxylic acids is 1. The van der Waals surface area contributed by atoms with Crippen molar-refractivity contribution < 1.29 is 18.8 Å². The molecule has 0 spiro atoms. The fourth-order valence-corrected chi connectivity index (χ4v) is 2.13. The molecule has 0 saturated carbocycles. The molecule has 0 heterocycles. The molecule has 0 unspecified atom stereocenters. The zero-order chi connectivity index (χ0) is 17.0. The van der Waals surface area contributed by atoms with Crippen LogP contribution in [0.25, 0.3) is 0 Å². The van der Waals surface area contributed by atoms with E-state index in [1.807, 2.05) is 0 Å². The van der Waals surface area contributed by atoms with E-state index in [0.717, 1.165) is 12.1 Å². The molecule has 2 aromatic carbocycles. The summed E-state index contributed by atoms with van der Waals surface area (Å²) in [6.45, 7) is -0.382. The minimum Gasteiger partial charge on any atom is -0.482 e. The Morgan fingerprint density at radius 3 is 2.65 bits per heavy atom. The highest BCUT2D eigenvalue weighted by molar-refractivity contribution is 6.35. The molecule has 0 aliphatic rings. The molecule has 9 heteroatoms. The Labute approximate surface area is 139 Å². The maximum Gasteiger partial charge on any atom is 0.306 e. The van der Waals surface area contributed by atoms with Gasteiger partial charge in [0.05, 0.1) is 9.95 Å². The number of nitro benzene ring substituents is 1. The maximum atomic E-state index is 13.2. The van der Waals surface area contributed by atoms with Crippen LogP contribution >= 0.6 is 23.2 Å². The highest BCUT2D eigenvalue weighted by Crippen LogP contribution is 2.27. The molecule has 23 heavy (non-hydrogen) atoms. The second-order valence-corrected chi connectivity index (χ2v) is 5.18. The molecule has 6 nitrogen and oxygen atoms in total. The van der Waals surface area contributed by atoms with Gasteiger partial charge >= 0.3 is 5.69 Å².